The second kappa shape index (κ2) is 6.74. The molecule has 0 aromatic carbocycles. The molecule has 0 spiro atoms. The Labute approximate surface area is 103 Å². The Morgan fingerprint density at radius 3 is 2.47 bits per heavy atom. The summed E-state index contributed by atoms with van der Waals surface area (Å²) in [5, 5.41) is 4.49. The third-order valence-electron chi connectivity index (χ3n) is 2.83. The van der Waals surface area contributed by atoms with Gasteiger partial charge in [0, 0.05) is 32.9 Å². The molecular formula is C12H23N3O2. The van der Waals surface area contributed by atoms with E-state index in [1.165, 1.54) is 0 Å². The zero-order chi connectivity index (χ0) is 12.8. The van der Waals surface area contributed by atoms with E-state index < -0.39 is 0 Å². The maximum Gasteiger partial charge on any atom is 0.172 e. The summed E-state index contributed by atoms with van der Waals surface area (Å²) < 4.78 is 12.3. The van der Waals surface area contributed by atoms with Crippen LogP contribution in [-0.2, 0) is 28.9 Å². The molecule has 0 aliphatic heterocycles. The fraction of sp³-hybridized carbons (Fsp3) is 0.750. The minimum absolute atomic E-state index is 0.184. The van der Waals surface area contributed by atoms with Crippen LogP contribution in [0.3, 0.4) is 0 Å². The van der Waals surface area contributed by atoms with Crippen molar-refractivity contribution in [2.24, 2.45) is 5.73 Å². The molecule has 0 aliphatic rings. The number of ether oxygens (including phenoxy) is 2. The van der Waals surface area contributed by atoms with Gasteiger partial charge in [-0.1, -0.05) is 6.92 Å². The molecule has 1 atom stereocenters. The molecule has 0 aliphatic carbocycles. The van der Waals surface area contributed by atoms with Crippen LogP contribution >= 0.6 is 0 Å². The lowest BCUT2D eigenvalue weighted by Gasteiger charge is -2.21. The molecule has 0 amide bonds. The lowest BCUT2D eigenvalue weighted by molar-refractivity contribution is -0.116. The highest BCUT2D eigenvalue weighted by atomic mass is 16.7. The van der Waals surface area contributed by atoms with Gasteiger partial charge < -0.3 is 15.2 Å². The lowest BCUT2D eigenvalue weighted by Crippen LogP contribution is -2.39. The van der Waals surface area contributed by atoms with Gasteiger partial charge in [-0.05, 0) is 19.4 Å². The van der Waals surface area contributed by atoms with Gasteiger partial charge in [0.2, 0.25) is 0 Å². The molecule has 0 bridgehead atoms. The zero-order valence-electron chi connectivity index (χ0n) is 11.1. The predicted molar refractivity (Wildman–Crippen MR) is 66.8 cm³/mol. The van der Waals surface area contributed by atoms with Crippen molar-refractivity contribution in [3.8, 4) is 0 Å². The Kier molecular flexibility index (Phi) is 5.61. The third-order valence-corrected chi connectivity index (χ3v) is 2.83. The van der Waals surface area contributed by atoms with Gasteiger partial charge in [0.15, 0.2) is 6.29 Å². The Balaban J connectivity index is 2.75. The number of nitrogens with two attached hydrogens (primary N) is 1. The second-order valence-corrected chi connectivity index (χ2v) is 4.00. The van der Waals surface area contributed by atoms with Crippen molar-refractivity contribution in [2.45, 2.75) is 45.6 Å². The second-order valence-electron chi connectivity index (χ2n) is 4.00. The zero-order valence-corrected chi connectivity index (χ0v) is 11.1. The first-order chi connectivity index (χ1) is 8.15. The molecule has 98 valence electrons. The first-order valence-electron chi connectivity index (χ1n) is 6.02. The standard InChI is InChI=1S/C12H23N3O2/c1-5-9-7-10(15(6-2)14-9)8-11(13)12(16-3)17-4/h7,11-12H,5-6,8,13H2,1-4H3. The average molecular weight is 241 g/mol. The topological polar surface area (TPSA) is 62.3 Å². The fourth-order valence-electron chi connectivity index (χ4n) is 1.91. The molecule has 1 unspecified atom stereocenters. The summed E-state index contributed by atoms with van der Waals surface area (Å²) >= 11 is 0. The summed E-state index contributed by atoms with van der Waals surface area (Å²) in [6, 6.07) is 1.92. The van der Waals surface area contributed by atoms with E-state index in [4.69, 9.17) is 15.2 Å². The van der Waals surface area contributed by atoms with Crippen molar-refractivity contribution in [1.82, 2.24) is 9.78 Å². The molecule has 1 heterocycles. The number of rotatable bonds is 7. The van der Waals surface area contributed by atoms with E-state index >= 15 is 0 Å². The van der Waals surface area contributed by atoms with Crippen LogP contribution in [0.4, 0.5) is 0 Å². The van der Waals surface area contributed by atoms with Crippen molar-refractivity contribution < 1.29 is 9.47 Å². The van der Waals surface area contributed by atoms with Crippen LogP contribution in [0.1, 0.15) is 25.2 Å². The van der Waals surface area contributed by atoms with E-state index in [0.29, 0.717) is 6.42 Å². The van der Waals surface area contributed by atoms with E-state index in [0.717, 1.165) is 24.4 Å². The lowest BCUT2D eigenvalue weighted by atomic mass is 10.1. The van der Waals surface area contributed by atoms with Gasteiger partial charge in [0.05, 0.1) is 11.7 Å². The van der Waals surface area contributed by atoms with Crippen LogP contribution in [0.2, 0.25) is 0 Å². The fourth-order valence-corrected chi connectivity index (χ4v) is 1.91. The summed E-state index contributed by atoms with van der Waals surface area (Å²) in [5.41, 5.74) is 8.29. The third kappa shape index (κ3) is 3.52. The molecule has 0 fully saturated rings. The molecule has 2 N–H and O–H groups in total. The maximum atomic E-state index is 6.05. The van der Waals surface area contributed by atoms with Crippen molar-refractivity contribution in [1.29, 1.82) is 0 Å². The number of hydrogen-bond donors (Lipinski definition) is 1. The van der Waals surface area contributed by atoms with Crippen molar-refractivity contribution >= 4 is 0 Å². The van der Waals surface area contributed by atoms with Crippen LogP contribution < -0.4 is 5.73 Å². The largest absolute Gasteiger partial charge is 0.354 e. The van der Waals surface area contributed by atoms with Crippen LogP contribution in [-0.4, -0.2) is 36.3 Å². The summed E-state index contributed by atoms with van der Waals surface area (Å²) in [6.45, 7) is 5.03. The van der Waals surface area contributed by atoms with Gasteiger partial charge in [0.1, 0.15) is 0 Å². The van der Waals surface area contributed by atoms with Crippen LogP contribution in [0, 0.1) is 0 Å². The van der Waals surface area contributed by atoms with Gasteiger partial charge in [-0.2, -0.15) is 5.10 Å². The van der Waals surface area contributed by atoms with E-state index in [-0.39, 0.29) is 12.3 Å². The molecule has 5 nitrogen and oxygen atoms in total. The Morgan fingerprint density at radius 1 is 1.35 bits per heavy atom. The van der Waals surface area contributed by atoms with Crippen molar-refractivity contribution in [2.75, 3.05) is 14.2 Å². The van der Waals surface area contributed by atoms with Gasteiger partial charge in [-0.25, -0.2) is 0 Å². The average Bonchev–Trinajstić information content (AvgIpc) is 2.73. The van der Waals surface area contributed by atoms with Gasteiger partial charge >= 0.3 is 0 Å². The van der Waals surface area contributed by atoms with Crippen LogP contribution in [0.5, 0.6) is 0 Å². The quantitative estimate of drug-likeness (QED) is 0.722. The molecule has 0 radical (unpaired) electrons. The number of hydrogen-bond acceptors (Lipinski definition) is 4. The summed E-state index contributed by atoms with van der Waals surface area (Å²) in [6.07, 6.45) is 1.26. The van der Waals surface area contributed by atoms with Crippen molar-refractivity contribution in [3.63, 3.8) is 0 Å². The van der Waals surface area contributed by atoms with Crippen LogP contribution in [0.15, 0.2) is 6.07 Å². The summed E-state index contributed by atoms with van der Waals surface area (Å²) in [7, 11) is 3.20. The maximum absolute atomic E-state index is 6.05. The SMILES string of the molecule is CCc1cc(CC(N)C(OC)OC)n(CC)n1. The van der Waals surface area contributed by atoms with Crippen molar-refractivity contribution in [3.05, 3.63) is 17.5 Å². The van der Waals surface area contributed by atoms with Crippen LogP contribution in [0.25, 0.3) is 0 Å². The molecule has 1 aromatic heterocycles. The molecule has 0 saturated heterocycles. The van der Waals surface area contributed by atoms with E-state index in [1.54, 1.807) is 14.2 Å². The van der Waals surface area contributed by atoms with E-state index in [9.17, 15) is 0 Å². The molecule has 1 rings (SSSR count). The Hall–Kier alpha value is -0.910. The number of aryl methyl sites for hydroxylation is 2. The highest BCUT2D eigenvalue weighted by Gasteiger charge is 2.19. The highest BCUT2D eigenvalue weighted by Crippen LogP contribution is 2.10. The minimum Gasteiger partial charge on any atom is -0.354 e. The molecule has 1 aromatic rings. The number of aromatic nitrogens is 2. The normalized spacial score (nSPS) is 13.3. The molecular weight excluding hydrogens is 218 g/mol. The molecule has 5 heteroatoms. The summed E-state index contributed by atoms with van der Waals surface area (Å²) in [4.78, 5) is 0. The Morgan fingerprint density at radius 2 is 2.00 bits per heavy atom. The smallest absolute Gasteiger partial charge is 0.172 e. The number of nitrogens with zero attached hydrogens (tertiary/aromatic N) is 2. The van der Waals surface area contributed by atoms with Gasteiger partial charge in [-0.3, -0.25) is 4.68 Å². The highest BCUT2D eigenvalue weighted by molar-refractivity contribution is 5.12. The first-order valence-corrected chi connectivity index (χ1v) is 6.02. The first kappa shape index (κ1) is 14.2. The monoisotopic (exact) mass is 241 g/mol. The molecule has 17 heavy (non-hydrogen) atoms. The minimum atomic E-state index is -0.375. The van der Waals surface area contributed by atoms with Gasteiger partial charge in [-0.15, -0.1) is 0 Å². The predicted octanol–water partition coefficient (Wildman–Crippen LogP) is 0.954. The van der Waals surface area contributed by atoms with Gasteiger partial charge in [0.25, 0.3) is 0 Å². The van der Waals surface area contributed by atoms with E-state index in [1.807, 2.05) is 4.68 Å². The summed E-state index contributed by atoms with van der Waals surface area (Å²) in [5.74, 6) is 0. The number of methoxy groups -OCH3 is 2. The molecule has 0 saturated carbocycles. The Bertz CT molecular complexity index is 334. The van der Waals surface area contributed by atoms with E-state index in [2.05, 4.69) is 25.0 Å².